The van der Waals surface area contributed by atoms with Crippen LogP contribution in [0.1, 0.15) is 18.7 Å². The normalized spacial score (nSPS) is 10.8. The molecule has 0 fully saturated rings. The number of hydrogen-bond acceptors (Lipinski definition) is 4. The van der Waals surface area contributed by atoms with Gasteiger partial charge in [-0.05, 0) is 37.4 Å². The minimum atomic E-state index is 0.410. The van der Waals surface area contributed by atoms with E-state index >= 15 is 0 Å². The van der Waals surface area contributed by atoms with Gasteiger partial charge in [-0.2, -0.15) is 0 Å². The van der Waals surface area contributed by atoms with E-state index in [1.165, 1.54) is 4.88 Å². The van der Waals surface area contributed by atoms with Crippen molar-refractivity contribution in [3.63, 3.8) is 0 Å². The van der Waals surface area contributed by atoms with Gasteiger partial charge in [0.25, 0.3) is 0 Å². The molecule has 0 aliphatic carbocycles. The number of nitrogens with zero attached hydrogens (tertiary/aromatic N) is 2. The number of hydrogen-bond donors (Lipinski definition) is 1. The van der Waals surface area contributed by atoms with Crippen molar-refractivity contribution in [2.75, 3.05) is 10.6 Å². The molecule has 2 N–H and O–H groups in total. The molecule has 0 radical (unpaired) electrons. The lowest BCUT2D eigenvalue weighted by Gasteiger charge is -2.27. The first-order chi connectivity index (χ1) is 8.16. The summed E-state index contributed by atoms with van der Waals surface area (Å²) in [4.78, 5) is 8.00. The molecule has 2 heterocycles. The molecule has 0 aliphatic rings. The molecule has 2 rings (SSSR count). The van der Waals surface area contributed by atoms with Crippen LogP contribution in [0.15, 0.2) is 35.8 Å². The summed E-state index contributed by atoms with van der Waals surface area (Å²) in [7, 11) is 0. The highest BCUT2D eigenvalue weighted by Gasteiger charge is 2.12. The van der Waals surface area contributed by atoms with E-state index in [4.69, 9.17) is 5.73 Å². The molecule has 2 aromatic heterocycles. The van der Waals surface area contributed by atoms with Crippen molar-refractivity contribution in [1.29, 1.82) is 0 Å². The predicted octanol–water partition coefficient (Wildman–Crippen LogP) is 3.14. The fourth-order valence-corrected chi connectivity index (χ4v) is 2.37. The molecule has 90 valence electrons. The lowest BCUT2D eigenvalue weighted by molar-refractivity contribution is 0.677. The Hall–Kier alpha value is -1.55. The number of nitrogen functional groups attached to an aromatic ring is 1. The molecule has 0 aliphatic heterocycles. The van der Waals surface area contributed by atoms with Gasteiger partial charge in [0, 0.05) is 10.9 Å². The van der Waals surface area contributed by atoms with Crippen molar-refractivity contribution in [3.05, 3.63) is 40.7 Å². The van der Waals surface area contributed by atoms with Gasteiger partial charge < -0.3 is 10.6 Å². The van der Waals surface area contributed by atoms with Gasteiger partial charge in [0.15, 0.2) is 0 Å². The zero-order valence-electron chi connectivity index (χ0n) is 10.1. The fraction of sp³-hybridized carbons (Fsp3) is 0.308. The Balaban J connectivity index is 2.20. The van der Waals surface area contributed by atoms with Gasteiger partial charge in [-0.15, -0.1) is 11.3 Å². The molecule has 4 heteroatoms. The van der Waals surface area contributed by atoms with E-state index in [2.05, 4.69) is 41.2 Å². The Morgan fingerprint density at radius 2 is 2.18 bits per heavy atom. The molecule has 2 aromatic rings. The van der Waals surface area contributed by atoms with E-state index in [0.717, 1.165) is 12.4 Å². The van der Waals surface area contributed by atoms with E-state index in [-0.39, 0.29) is 0 Å². The Morgan fingerprint density at radius 1 is 1.35 bits per heavy atom. The molecule has 0 aromatic carbocycles. The fourth-order valence-electron chi connectivity index (χ4n) is 1.67. The van der Waals surface area contributed by atoms with Crippen LogP contribution in [-0.4, -0.2) is 11.0 Å². The van der Waals surface area contributed by atoms with Gasteiger partial charge in [0.05, 0.1) is 18.4 Å². The number of rotatable bonds is 4. The molecule has 3 nitrogen and oxygen atoms in total. The van der Waals surface area contributed by atoms with Crippen LogP contribution >= 0.6 is 11.3 Å². The van der Waals surface area contributed by atoms with Crippen molar-refractivity contribution in [1.82, 2.24) is 4.98 Å². The first-order valence-electron chi connectivity index (χ1n) is 5.67. The average molecular weight is 247 g/mol. The standard InChI is InChI=1S/C13H17N3S/c1-10(2)16(9-12-4-3-7-17-12)13-6-5-11(14)8-15-13/h3-8,10H,9,14H2,1-2H3. The van der Waals surface area contributed by atoms with Gasteiger partial charge >= 0.3 is 0 Å². The van der Waals surface area contributed by atoms with Crippen LogP contribution in [0.2, 0.25) is 0 Å². The summed E-state index contributed by atoms with van der Waals surface area (Å²) in [6, 6.07) is 8.51. The lowest BCUT2D eigenvalue weighted by atomic mass is 10.3. The van der Waals surface area contributed by atoms with E-state index in [9.17, 15) is 0 Å². The van der Waals surface area contributed by atoms with Gasteiger partial charge in [-0.3, -0.25) is 0 Å². The monoisotopic (exact) mass is 247 g/mol. The maximum absolute atomic E-state index is 5.66. The summed E-state index contributed by atoms with van der Waals surface area (Å²) >= 11 is 1.77. The molecular formula is C13H17N3S. The van der Waals surface area contributed by atoms with Gasteiger partial charge in [-0.1, -0.05) is 6.07 Å². The van der Waals surface area contributed by atoms with Crippen LogP contribution in [0, 0.1) is 0 Å². The highest BCUT2D eigenvalue weighted by atomic mass is 32.1. The topological polar surface area (TPSA) is 42.1 Å². The Labute approximate surface area is 106 Å². The van der Waals surface area contributed by atoms with Crippen molar-refractivity contribution in [2.45, 2.75) is 26.4 Å². The number of nitrogens with two attached hydrogens (primary N) is 1. The maximum atomic E-state index is 5.66. The molecule has 0 saturated carbocycles. The van der Waals surface area contributed by atoms with Crippen LogP contribution in [-0.2, 0) is 6.54 Å². The second-order valence-electron chi connectivity index (χ2n) is 4.25. The quantitative estimate of drug-likeness (QED) is 0.902. The highest BCUT2D eigenvalue weighted by Crippen LogP contribution is 2.20. The minimum absolute atomic E-state index is 0.410. The second kappa shape index (κ2) is 5.19. The molecule has 0 unspecified atom stereocenters. The third kappa shape index (κ3) is 2.97. The third-order valence-corrected chi connectivity index (χ3v) is 3.46. The van der Waals surface area contributed by atoms with Crippen molar-refractivity contribution in [3.8, 4) is 0 Å². The largest absolute Gasteiger partial charge is 0.397 e. The zero-order valence-corrected chi connectivity index (χ0v) is 10.9. The van der Waals surface area contributed by atoms with Crippen LogP contribution < -0.4 is 10.6 Å². The summed E-state index contributed by atoms with van der Waals surface area (Å²) in [5.41, 5.74) is 6.36. The maximum Gasteiger partial charge on any atom is 0.129 e. The van der Waals surface area contributed by atoms with Gasteiger partial charge in [0.1, 0.15) is 5.82 Å². The summed E-state index contributed by atoms with van der Waals surface area (Å²) in [5.74, 6) is 0.975. The Morgan fingerprint density at radius 3 is 2.71 bits per heavy atom. The number of thiophene rings is 1. The van der Waals surface area contributed by atoms with Crippen LogP contribution in [0.3, 0.4) is 0 Å². The number of anilines is 2. The first kappa shape index (κ1) is 11.9. The van der Waals surface area contributed by atoms with Crippen LogP contribution in [0.4, 0.5) is 11.5 Å². The molecule has 0 spiro atoms. The minimum Gasteiger partial charge on any atom is -0.397 e. The third-order valence-electron chi connectivity index (χ3n) is 2.59. The molecule has 0 bridgehead atoms. The van der Waals surface area contributed by atoms with Gasteiger partial charge in [0.2, 0.25) is 0 Å². The smallest absolute Gasteiger partial charge is 0.129 e. The SMILES string of the molecule is CC(C)N(Cc1cccs1)c1ccc(N)cn1. The van der Waals surface area contributed by atoms with E-state index in [1.54, 1.807) is 17.5 Å². The van der Waals surface area contributed by atoms with Crippen molar-refractivity contribution in [2.24, 2.45) is 0 Å². The molecule has 17 heavy (non-hydrogen) atoms. The Bertz CT molecular complexity index is 448. The van der Waals surface area contributed by atoms with E-state index in [1.807, 2.05) is 12.1 Å². The molecule has 0 saturated heterocycles. The second-order valence-corrected chi connectivity index (χ2v) is 5.28. The average Bonchev–Trinajstić information content (AvgIpc) is 2.80. The molecule has 0 atom stereocenters. The summed E-state index contributed by atoms with van der Waals surface area (Å²) in [5, 5.41) is 2.10. The van der Waals surface area contributed by atoms with E-state index in [0.29, 0.717) is 11.7 Å². The number of pyridine rings is 1. The highest BCUT2D eigenvalue weighted by molar-refractivity contribution is 7.09. The van der Waals surface area contributed by atoms with E-state index < -0.39 is 0 Å². The lowest BCUT2D eigenvalue weighted by Crippen LogP contribution is -2.30. The van der Waals surface area contributed by atoms with Crippen LogP contribution in [0.25, 0.3) is 0 Å². The molecule has 0 amide bonds. The predicted molar refractivity (Wildman–Crippen MR) is 74.3 cm³/mol. The first-order valence-corrected chi connectivity index (χ1v) is 6.55. The summed E-state index contributed by atoms with van der Waals surface area (Å²) in [6.45, 7) is 5.24. The number of aromatic nitrogens is 1. The van der Waals surface area contributed by atoms with Crippen molar-refractivity contribution < 1.29 is 0 Å². The van der Waals surface area contributed by atoms with Crippen LogP contribution in [0.5, 0.6) is 0 Å². The summed E-state index contributed by atoms with van der Waals surface area (Å²) in [6.07, 6.45) is 1.71. The van der Waals surface area contributed by atoms with Crippen molar-refractivity contribution >= 4 is 22.8 Å². The Kier molecular flexibility index (Phi) is 3.64. The zero-order chi connectivity index (χ0) is 12.3. The van der Waals surface area contributed by atoms with Gasteiger partial charge in [-0.25, -0.2) is 4.98 Å². The molecular weight excluding hydrogens is 230 g/mol. The summed E-state index contributed by atoms with van der Waals surface area (Å²) < 4.78 is 0.